The summed E-state index contributed by atoms with van der Waals surface area (Å²) < 4.78 is 0.742. The molecule has 1 aromatic heterocycles. The Balaban J connectivity index is 1.96. The number of hydroxylamine groups is 1. The summed E-state index contributed by atoms with van der Waals surface area (Å²) in [5, 5.41) is 9.05. The number of hydrogen-bond acceptors (Lipinski definition) is 3. The SMILES string of the molecule is O=C(NO)C(c1ccccc1)c1ccc(-c2ccc(Cl)s2)cc1. The van der Waals surface area contributed by atoms with E-state index in [2.05, 4.69) is 0 Å². The number of rotatable bonds is 4. The molecule has 0 saturated carbocycles. The van der Waals surface area contributed by atoms with Crippen molar-refractivity contribution in [1.29, 1.82) is 0 Å². The summed E-state index contributed by atoms with van der Waals surface area (Å²) in [7, 11) is 0. The molecule has 23 heavy (non-hydrogen) atoms. The van der Waals surface area contributed by atoms with Gasteiger partial charge in [-0.05, 0) is 28.8 Å². The van der Waals surface area contributed by atoms with Crippen LogP contribution in [0.1, 0.15) is 17.0 Å². The summed E-state index contributed by atoms with van der Waals surface area (Å²) in [6.45, 7) is 0. The molecule has 116 valence electrons. The van der Waals surface area contributed by atoms with Gasteiger partial charge in [0.05, 0.1) is 10.3 Å². The third kappa shape index (κ3) is 3.45. The topological polar surface area (TPSA) is 49.3 Å². The second-order valence-corrected chi connectivity index (χ2v) is 6.76. The Hall–Kier alpha value is -2.14. The van der Waals surface area contributed by atoms with Gasteiger partial charge in [-0.3, -0.25) is 10.0 Å². The van der Waals surface area contributed by atoms with Gasteiger partial charge >= 0.3 is 0 Å². The van der Waals surface area contributed by atoms with E-state index in [0.29, 0.717) is 0 Å². The summed E-state index contributed by atoms with van der Waals surface area (Å²) in [6.07, 6.45) is 0. The van der Waals surface area contributed by atoms with Crippen LogP contribution in [0, 0.1) is 0 Å². The third-order valence-corrected chi connectivity index (χ3v) is 4.89. The van der Waals surface area contributed by atoms with Crippen LogP contribution in [0.3, 0.4) is 0 Å². The average molecular weight is 344 g/mol. The Labute approximate surface area is 143 Å². The molecule has 1 amide bonds. The van der Waals surface area contributed by atoms with Crippen molar-refractivity contribution < 1.29 is 10.0 Å². The Bertz CT molecular complexity index is 799. The fourth-order valence-electron chi connectivity index (χ4n) is 2.51. The molecular weight excluding hydrogens is 330 g/mol. The van der Waals surface area contributed by atoms with E-state index in [0.717, 1.165) is 25.9 Å². The van der Waals surface area contributed by atoms with Crippen LogP contribution in [-0.2, 0) is 4.79 Å². The van der Waals surface area contributed by atoms with Crippen molar-refractivity contribution in [2.45, 2.75) is 5.92 Å². The lowest BCUT2D eigenvalue weighted by atomic mass is 9.90. The van der Waals surface area contributed by atoms with Gasteiger partial charge in [0.15, 0.2) is 0 Å². The maximum atomic E-state index is 12.1. The molecule has 0 radical (unpaired) electrons. The highest BCUT2D eigenvalue weighted by Gasteiger charge is 2.22. The molecule has 0 spiro atoms. The minimum absolute atomic E-state index is 0.455. The van der Waals surface area contributed by atoms with Gasteiger partial charge in [0.1, 0.15) is 0 Å². The van der Waals surface area contributed by atoms with Crippen molar-refractivity contribution in [2.24, 2.45) is 0 Å². The van der Waals surface area contributed by atoms with Gasteiger partial charge in [-0.25, -0.2) is 5.48 Å². The number of hydrogen-bond donors (Lipinski definition) is 2. The third-order valence-electron chi connectivity index (χ3n) is 3.61. The van der Waals surface area contributed by atoms with E-state index in [1.807, 2.05) is 66.7 Å². The molecule has 3 nitrogen and oxygen atoms in total. The number of carbonyl (C=O) groups excluding carboxylic acids is 1. The maximum absolute atomic E-state index is 12.1. The van der Waals surface area contributed by atoms with Crippen molar-refractivity contribution in [3.05, 3.63) is 82.2 Å². The van der Waals surface area contributed by atoms with Crippen LogP contribution in [-0.4, -0.2) is 11.1 Å². The van der Waals surface area contributed by atoms with Crippen LogP contribution in [0.4, 0.5) is 0 Å². The molecular formula is C18H14ClNO2S. The Kier molecular flexibility index (Phi) is 4.76. The van der Waals surface area contributed by atoms with Gasteiger partial charge < -0.3 is 0 Å². The van der Waals surface area contributed by atoms with Crippen LogP contribution in [0.2, 0.25) is 4.34 Å². The molecule has 0 aliphatic carbocycles. The lowest BCUT2D eigenvalue weighted by Gasteiger charge is -2.16. The van der Waals surface area contributed by atoms with Gasteiger partial charge in [0, 0.05) is 4.88 Å². The van der Waals surface area contributed by atoms with E-state index in [4.69, 9.17) is 16.8 Å². The number of thiophene rings is 1. The summed E-state index contributed by atoms with van der Waals surface area (Å²) >= 11 is 7.48. The van der Waals surface area contributed by atoms with Gasteiger partial charge in [0.2, 0.25) is 0 Å². The van der Waals surface area contributed by atoms with E-state index < -0.39 is 11.8 Å². The molecule has 2 N–H and O–H groups in total. The van der Waals surface area contributed by atoms with Crippen molar-refractivity contribution >= 4 is 28.8 Å². The molecule has 1 atom stereocenters. The number of carbonyl (C=O) groups is 1. The fraction of sp³-hybridized carbons (Fsp3) is 0.0556. The zero-order valence-electron chi connectivity index (χ0n) is 12.1. The quantitative estimate of drug-likeness (QED) is 0.532. The largest absolute Gasteiger partial charge is 0.289 e. The highest BCUT2D eigenvalue weighted by atomic mass is 35.5. The summed E-state index contributed by atoms with van der Waals surface area (Å²) in [5.41, 5.74) is 4.44. The van der Waals surface area contributed by atoms with Crippen molar-refractivity contribution in [3.8, 4) is 10.4 Å². The first-order valence-electron chi connectivity index (χ1n) is 7.03. The first-order chi connectivity index (χ1) is 11.2. The fourth-order valence-corrected chi connectivity index (χ4v) is 3.56. The molecule has 0 bridgehead atoms. The standard InChI is InChI=1S/C18H14ClNO2S/c19-16-11-10-15(23-16)12-6-8-14(9-7-12)17(18(21)20-22)13-4-2-1-3-5-13/h1-11,17,22H,(H,20,21). The summed E-state index contributed by atoms with van der Waals surface area (Å²) in [4.78, 5) is 13.2. The average Bonchev–Trinajstić information content (AvgIpc) is 3.03. The van der Waals surface area contributed by atoms with Crippen molar-refractivity contribution in [2.75, 3.05) is 0 Å². The van der Waals surface area contributed by atoms with E-state index in [-0.39, 0.29) is 0 Å². The molecule has 0 aliphatic rings. The highest BCUT2D eigenvalue weighted by Crippen LogP contribution is 2.32. The number of nitrogens with one attached hydrogen (secondary N) is 1. The lowest BCUT2D eigenvalue weighted by Crippen LogP contribution is -2.27. The molecule has 0 fully saturated rings. The number of amides is 1. The molecule has 1 unspecified atom stereocenters. The lowest BCUT2D eigenvalue weighted by molar-refractivity contribution is -0.129. The molecule has 1 heterocycles. The summed E-state index contributed by atoms with van der Waals surface area (Å²) in [5.74, 6) is -1.01. The minimum atomic E-state index is -0.554. The Morgan fingerprint density at radius 2 is 1.61 bits per heavy atom. The van der Waals surface area contributed by atoms with Crippen molar-refractivity contribution in [3.63, 3.8) is 0 Å². The van der Waals surface area contributed by atoms with Gasteiger partial charge in [0.25, 0.3) is 5.91 Å². The predicted molar refractivity (Wildman–Crippen MR) is 93.0 cm³/mol. The normalized spacial score (nSPS) is 11.9. The van der Waals surface area contributed by atoms with Crippen LogP contribution in [0.5, 0.6) is 0 Å². The van der Waals surface area contributed by atoms with E-state index >= 15 is 0 Å². The molecule has 3 aromatic rings. The van der Waals surface area contributed by atoms with E-state index in [9.17, 15) is 4.79 Å². The van der Waals surface area contributed by atoms with Gasteiger partial charge in [-0.2, -0.15) is 0 Å². The van der Waals surface area contributed by atoms with Crippen LogP contribution < -0.4 is 5.48 Å². The minimum Gasteiger partial charge on any atom is -0.289 e. The zero-order valence-corrected chi connectivity index (χ0v) is 13.6. The first-order valence-corrected chi connectivity index (χ1v) is 8.23. The molecule has 2 aromatic carbocycles. The van der Waals surface area contributed by atoms with Gasteiger partial charge in [-0.1, -0.05) is 66.2 Å². The van der Waals surface area contributed by atoms with Crippen LogP contribution in [0.25, 0.3) is 10.4 Å². The Morgan fingerprint density at radius 3 is 2.17 bits per heavy atom. The van der Waals surface area contributed by atoms with Crippen LogP contribution in [0.15, 0.2) is 66.7 Å². The molecule has 0 saturated heterocycles. The van der Waals surface area contributed by atoms with E-state index in [1.54, 1.807) is 5.48 Å². The second kappa shape index (κ2) is 6.96. The smallest absolute Gasteiger partial charge is 0.255 e. The molecule has 3 rings (SSSR count). The maximum Gasteiger partial charge on any atom is 0.255 e. The molecule has 0 aliphatic heterocycles. The number of benzene rings is 2. The van der Waals surface area contributed by atoms with E-state index in [1.165, 1.54) is 11.3 Å². The first kappa shape index (κ1) is 15.7. The molecule has 5 heteroatoms. The highest BCUT2D eigenvalue weighted by molar-refractivity contribution is 7.19. The second-order valence-electron chi connectivity index (χ2n) is 5.05. The van der Waals surface area contributed by atoms with Crippen molar-refractivity contribution in [1.82, 2.24) is 5.48 Å². The number of halogens is 1. The Morgan fingerprint density at radius 1 is 0.957 bits per heavy atom. The zero-order chi connectivity index (χ0) is 16.2. The van der Waals surface area contributed by atoms with Crippen LogP contribution >= 0.6 is 22.9 Å². The monoisotopic (exact) mass is 343 g/mol. The summed E-state index contributed by atoms with van der Waals surface area (Å²) in [6, 6.07) is 20.9. The predicted octanol–water partition coefficient (Wildman–Crippen LogP) is 4.71. The van der Waals surface area contributed by atoms with Gasteiger partial charge in [-0.15, -0.1) is 11.3 Å².